The van der Waals surface area contributed by atoms with Gasteiger partial charge >= 0.3 is 30.1 Å². The molecule has 2 aromatic carbocycles. The third kappa shape index (κ3) is 5.74. The third-order valence-electron chi connectivity index (χ3n) is 5.53. The van der Waals surface area contributed by atoms with Crippen LogP contribution in [0.15, 0.2) is 51.9 Å². The molecular formula is C25H10Cl2F6N2O6. The first-order valence-electron chi connectivity index (χ1n) is 10.8. The molecule has 0 saturated heterocycles. The summed E-state index contributed by atoms with van der Waals surface area (Å²) in [5, 5.41) is 10.2. The summed E-state index contributed by atoms with van der Waals surface area (Å²) in [5.41, 5.74) is -1.98. The number of nitrogens with zero attached hydrogens (tertiary/aromatic N) is 1. The van der Waals surface area contributed by atoms with Gasteiger partial charge in [0.2, 0.25) is 0 Å². The molecule has 1 heterocycles. The molecule has 0 fully saturated rings. The summed E-state index contributed by atoms with van der Waals surface area (Å²) in [6.07, 6.45) is -10.3. The van der Waals surface area contributed by atoms with E-state index >= 15 is 0 Å². The number of carboxylic acid groups (broad SMARTS) is 1. The van der Waals surface area contributed by atoms with Crippen molar-refractivity contribution in [1.29, 1.82) is 0 Å². The van der Waals surface area contributed by atoms with Crippen molar-refractivity contribution in [2.24, 2.45) is 4.99 Å². The minimum Gasteiger partial charge on any atom is -0.478 e. The highest BCUT2D eigenvalue weighted by Crippen LogP contribution is 2.46. The molecule has 0 unspecified atom stereocenters. The van der Waals surface area contributed by atoms with Crippen LogP contribution in [0, 0.1) is 0 Å². The second-order valence-electron chi connectivity index (χ2n) is 8.17. The van der Waals surface area contributed by atoms with Crippen LogP contribution in [0.5, 0.6) is 0 Å². The molecule has 0 atom stereocenters. The van der Waals surface area contributed by atoms with Crippen LogP contribution in [0.4, 0.5) is 32.0 Å². The fourth-order valence-electron chi connectivity index (χ4n) is 3.85. The molecule has 2 aliphatic rings. The summed E-state index contributed by atoms with van der Waals surface area (Å²) < 4.78 is 82.3. The highest BCUT2D eigenvalue weighted by atomic mass is 35.5. The first-order chi connectivity index (χ1) is 19.0. The standard InChI is InChI=1S/C25H10Cl2F6N2O6/c26-14-5-9(8-36)20(27)19(21(37)38)18(14)17-12-3-1-10(34-22(39)24(28,29)30)6-15(12)41-16-7-11(2-4-13(16)17)35-23(40)25(31,32)33/h1-8H,(H,34,39)(H,37,38)/b35-11-. The van der Waals surface area contributed by atoms with E-state index in [2.05, 4.69) is 4.99 Å². The van der Waals surface area contributed by atoms with Gasteiger partial charge in [0.1, 0.15) is 11.3 Å². The summed E-state index contributed by atoms with van der Waals surface area (Å²) in [5.74, 6) is -6.71. The zero-order valence-corrected chi connectivity index (χ0v) is 21.1. The van der Waals surface area contributed by atoms with E-state index in [-0.39, 0.29) is 50.3 Å². The van der Waals surface area contributed by atoms with Crippen LogP contribution in [-0.4, -0.2) is 41.5 Å². The van der Waals surface area contributed by atoms with Crippen molar-refractivity contribution in [2.75, 3.05) is 5.32 Å². The molecule has 8 nitrogen and oxygen atoms in total. The predicted octanol–water partition coefficient (Wildman–Crippen LogP) is 6.51. The molecule has 2 amide bonds. The molecule has 2 N–H and O–H groups in total. The van der Waals surface area contributed by atoms with Crippen LogP contribution in [0.3, 0.4) is 0 Å². The van der Waals surface area contributed by atoms with Crippen LogP contribution in [0.1, 0.15) is 20.7 Å². The number of hydrogen-bond donors (Lipinski definition) is 2. The lowest BCUT2D eigenvalue weighted by atomic mass is 9.89. The summed E-state index contributed by atoms with van der Waals surface area (Å²) in [7, 11) is 0. The molecule has 41 heavy (non-hydrogen) atoms. The zero-order valence-electron chi connectivity index (χ0n) is 19.6. The smallest absolute Gasteiger partial charge is 0.473 e. The average Bonchev–Trinajstić information content (AvgIpc) is 2.86. The van der Waals surface area contributed by atoms with Crippen LogP contribution >= 0.6 is 23.2 Å². The maximum absolute atomic E-state index is 12.8. The van der Waals surface area contributed by atoms with Crippen molar-refractivity contribution in [3.63, 3.8) is 0 Å². The Morgan fingerprint density at radius 1 is 0.927 bits per heavy atom. The zero-order chi connectivity index (χ0) is 30.4. The summed E-state index contributed by atoms with van der Waals surface area (Å²) in [4.78, 5) is 49.5. The van der Waals surface area contributed by atoms with E-state index in [0.717, 1.165) is 42.5 Å². The predicted molar refractivity (Wildman–Crippen MR) is 132 cm³/mol. The minimum absolute atomic E-state index is 0.00213. The fraction of sp³-hybridized carbons (Fsp3) is 0.0800. The normalized spacial score (nSPS) is 12.5. The quantitative estimate of drug-likeness (QED) is 0.152. The molecule has 16 heteroatoms. The molecule has 0 spiro atoms. The van der Waals surface area contributed by atoms with E-state index in [0.29, 0.717) is 0 Å². The number of aldehydes is 1. The molecule has 0 aromatic heterocycles. The summed E-state index contributed by atoms with van der Waals surface area (Å²) in [6, 6.07) is 7.21. The number of anilines is 1. The number of hydrogen-bond acceptors (Lipinski definition) is 5. The lowest BCUT2D eigenvalue weighted by molar-refractivity contribution is -0.169. The lowest BCUT2D eigenvalue weighted by Gasteiger charge is -2.19. The number of carboxylic acids is 1. The molecule has 2 aromatic rings. The number of amides is 2. The Morgan fingerprint density at radius 3 is 2.20 bits per heavy atom. The Kier molecular flexibility index (Phi) is 7.58. The van der Waals surface area contributed by atoms with Crippen LogP contribution in [-0.2, 0) is 9.59 Å². The van der Waals surface area contributed by atoms with Crippen LogP contribution < -0.4 is 10.7 Å². The largest absolute Gasteiger partial charge is 0.478 e. The van der Waals surface area contributed by atoms with Gasteiger partial charge in [-0.3, -0.25) is 14.4 Å². The number of rotatable bonds is 4. The van der Waals surface area contributed by atoms with Gasteiger partial charge in [0.05, 0.1) is 21.0 Å². The third-order valence-corrected chi connectivity index (χ3v) is 6.23. The Morgan fingerprint density at radius 2 is 1.61 bits per heavy atom. The summed E-state index contributed by atoms with van der Waals surface area (Å²) >= 11 is 12.6. The van der Waals surface area contributed by atoms with Crippen molar-refractivity contribution in [1.82, 2.24) is 0 Å². The fourth-order valence-corrected chi connectivity index (χ4v) is 4.44. The van der Waals surface area contributed by atoms with Crippen molar-refractivity contribution < 1.29 is 55.0 Å². The van der Waals surface area contributed by atoms with E-state index in [1.807, 2.05) is 0 Å². The average molecular weight is 619 g/mol. The van der Waals surface area contributed by atoms with Crippen molar-refractivity contribution in [3.8, 4) is 22.5 Å². The second kappa shape index (κ2) is 10.5. The Labute approximate surface area is 233 Å². The Bertz CT molecular complexity index is 1810. The molecule has 0 radical (unpaired) electrons. The van der Waals surface area contributed by atoms with E-state index in [1.165, 1.54) is 0 Å². The molecule has 212 valence electrons. The maximum Gasteiger partial charge on any atom is 0.473 e. The molecule has 0 bridgehead atoms. The van der Waals surface area contributed by atoms with Crippen molar-refractivity contribution in [2.45, 2.75) is 12.4 Å². The molecule has 4 rings (SSSR count). The Hall–Kier alpha value is -4.43. The molecule has 1 aliphatic carbocycles. The number of nitrogens with one attached hydrogen (secondary N) is 1. The van der Waals surface area contributed by atoms with Crippen LogP contribution in [0.25, 0.3) is 33.4 Å². The van der Waals surface area contributed by atoms with Crippen molar-refractivity contribution >= 4 is 63.9 Å². The lowest BCUT2D eigenvalue weighted by Crippen LogP contribution is -2.29. The van der Waals surface area contributed by atoms with E-state index in [9.17, 15) is 50.6 Å². The first kappa shape index (κ1) is 29.6. The van der Waals surface area contributed by atoms with E-state index in [4.69, 9.17) is 27.6 Å². The molecular weight excluding hydrogens is 609 g/mol. The molecule has 1 aliphatic heterocycles. The van der Waals surface area contributed by atoms with Gasteiger partial charge in [-0.25, -0.2) is 9.79 Å². The monoisotopic (exact) mass is 618 g/mol. The van der Waals surface area contributed by atoms with Gasteiger partial charge in [0.25, 0.3) is 0 Å². The highest BCUT2D eigenvalue weighted by molar-refractivity contribution is 6.40. The van der Waals surface area contributed by atoms with Gasteiger partial charge in [-0.2, -0.15) is 26.3 Å². The number of aromatic carboxylic acids is 1. The number of carbonyl (C=O) groups is 4. The van der Waals surface area contributed by atoms with Gasteiger partial charge in [-0.1, -0.05) is 23.2 Å². The van der Waals surface area contributed by atoms with Gasteiger partial charge in [0, 0.05) is 45.5 Å². The van der Waals surface area contributed by atoms with Crippen molar-refractivity contribution in [3.05, 3.63) is 69.0 Å². The SMILES string of the molecule is O=Cc1cc(Cl)c(-c2c3cc/c(=N/C(=O)C(F)(F)F)cc-3oc3cc(NC(=O)C(F)(F)F)ccc23)c(C(=O)O)c1Cl. The topological polar surface area (TPSA) is 126 Å². The maximum atomic E-state index is 12.8. The number of alkyl halides is 6. The summed E-state index contributed by atoms with van der Waals surface area (Å²) in [6.45, 7) is 0. The number of fused-ring (bicyclic) bond motifs is 2. The highest BCUT2D eigenvalue weighted by Gasteiger charge is 2.39. The number of carbonyl (C=O) groups excluding carboxylic acids is 3. The van der Waals surface area contributed by atoms with Gasteiger partial charge < -0.3 is 14.8 Å². The minimum atomic E-state index is -5.30. The van der Waals surface area contributed by atoms with E-state index < -0.39 is 51.8 Å². The molecule has 0 saturated carbocycles. The van der Waals surface area contributed by atoms with Gasteiger partial charge in [-0.15, -0.1) is 0 Å². The van der Waals surface area contributed by atoms with Crippen LogP contribution in [0.2, 0.25) is 10.0 Å². The number of benzene rings is 3. The number of halogens is 8. The van der Waals surface area contributed by atoms with Gasteiger partial charge in [0.15, 0.2) is 6.29 Å². The Balaban J connectivity index is 2.12. The first-order valence-corrected chi connectivity index (χ1v) is 11.5. The van der Waals surface area contributed by atoms with Gasteiger partial charge in [-0.05, 0) is 30.3 Å². The van der Waals surface area contributed by atoms with E-state index in [1.54, 1.807) is 5.32 Å². The second-order valence-corrected chi connectivity index (χ2v) is 8.95.